The number of imidazole rings is 1. The SMILES string of the molecule is C=C(Nc1cccc(-c2cccc(NC(=C)c3nc4c(n3C)CCN(C)C4)c2C)c1C)c1cc2c(cn1)CN(C1(CF)CCC1)O2. The number of halogens is 1. The third-order valence-corrected chi connectivity index (χ3v) is 10.1. The van der Waals surface area contributed by atoms with Crippen LogP contribution in [0.25, 0.3) is 22.5 Å². The molecule has 2 N–H and O–H groups in total. The summed E-state index contributed by atoms with van der Waals surface area (Å²) in [6, 6.07) is 14.5. The summed E-state index contributed by atoms with van der Waals surface area (Å²) in [4.78, 5) is 18.0. The number of hydrogen-bond acceptors (Lipinski definition) is 7. The number of anilines is 2. The zero-order valence-corrected chi connectivity index (χ0v) is 27.2. The van der Waals surface area contributed by atoms with E-state index in [1.54, 1.807) is 5.06 Å². The Morgan fingerprint density at radius 3 is 2.28 bits per heavy atom. The van der Waals surface area contributed by atoms with Crippen molar-refractivity contribution in [2.45, 2.75) is 58.2 Å². The van der Waals surface area contributed by atoms with E-state index in [-0.39, 0.29) is 0 Å². The van der Waals surface area contributed by atoms with E-state index in [9.17, 15) is 4.39 Å². The van der Waals surface area contributed by atoms with Gasteiger partial charge in [-0.3, -0.25) is 4.98 Å². The Kier molecular flexibility index (Phi) is 7.69. The predicted molar refractivity (Wildman–Crippen MR) is 183 cm³/mol. The summed E-state index contributed by atoms with van der Waals surface area (Å²) in [5.74, 6) is 1.59. The lowest BCUT2D eigenvalue weighted by Crippen LogP contribution is -2.54. The molecule has 2 aliphatic heterocycles. The zero-order valence-electron chi connectivity index (χ0n) is 27.2. The molecule has 0 saturated heterocycles. The molecule has 9 heteroatoms. The normalized spacial score (nSPS) is 17.1. The second-order valence-corrected chi connectivity index (χ2v) is 13.1. The Morgan fingerprint density at radius 1 is 0.978 bits per heavy atom. The number of fused-ring (bicyclic) bond motifs is 2. The molecule has 238 valence electrons. The average molecular weight is 620 g/mol. The molecule has 7 rings (SSSR count). The molecule has 1 aliphatic carbocycles. The Morgan fingerprint density at radius 2 is 1.65 bits per heavy atom. The van der Waals surface area contributed by atoms with Crippen LogP contribution < -0.4 is 15.5 Å². The molecule has 1 saturated carbocycles. The summed E-state index contributed by atoms with van der Waals surface area (Å²) in [6.45, 7) is 15.0. The predicted octanol–water partition coefficient (Wildman–Crippen LogP) is 7.25. The molecule has 2 aromatic heterocycles. The number of aromatic nitrogens is 3. The largest absolute Gasteiger partial charge is 0.405 e. The molecule has 0 spiro atoms. The number of likely N-dealkylation sites (N-methyl/N-ethyl adjacent to an activating group) is 1. The van der Waals surface area contributed by atoms with Crippen LogP contribution in [0.5, 0.6) is 5.75 Å². The first-order chi connectivity index (χ1) is 22.2. The van der Waals surface area contributed by atoms with Crippen LogP contribution in [0.4, 0.5) is 15.8 Å². The van der Waals surface area contributed by atoms with Crippen LogP contribution in [-0.2, 0) is 26.6 Å². The highest BCUT2D eigenvalue weighted by atomic mass is 19.1. The van der Waals surface area contributed by atoms with Crippen LogP contribution in [0, 0.1) is 13.8 Å². The molecule has 4 aromatic rings. The van der Waals surface area contributed by atoms with Crippen LogP contribution in [0.1, 0.15) is 58.9 Å². The summed E-state index contributed by atoms with van der Waals surface area (Å²) in [5.41, 5.74) is 11.4. The van der Waals surface area contributed by atoms with Gasteiger partial charge >= 0.3 is 0 Å². The maximum absolute atomic E-state index is 13.9. The van der Waals surface area contributed by atoms with E-state index in [0.717, 1.165) is 101 Å². The first-order valence-corrected chi connectivity index (χ1v) is 16.0. The fraction of sp³-hybridized carbons (Fsp3) is 0.351. The maximum atomic E-state index is 13.9. The highest BCUT2D eigenvalue weighted by Crippen LogP contribution is 2.43. The monoisotopic (exact) mass is 619 g/mol. The van der Waals surface area contributed by atoms with Gasteiger partial charge in [0.2, 0.25) is 0 Å². The summed E-state index contributed by atoms with van der Waals surface area (Å²) in [6.07, 6.45) is 5.48. The van der Waals surface area contributed by atoms with Gasteiger partial charge in [-0.05, 0) is 74.5 Å². The third kappa shape index (κ3) is 5.17. The third-order valence-electron chi connectivity index (χ3n) is 10.1. The van der Waals surface area contributed by atoms with Gasteiger partial charge in [-0.2, -0.15) is 0 Å². The summed E-state index contributed by atoms with van der Waals surface area (Å²) < 4.78 is 16.1. The van der Waals surface area contributed by atoms with E-state index >= 15 is 0 Å². The first kappa shape index (κ1) is 30.2. The van der Waals surface area contributed by atoms with Gasteiger partial charge in [0.15, 0.2) is 11.6 Å². The molecular formula is C37H42FN7O. The average Bonchev–Trinajstić information content (AvgIpc) is 3.59. The van der Waals surface area contributed by atoms with Crippen molar-refractivity contribution < 1.29 is 9.23 Å². The zero-order chi connectivity index (χ0) is 32.2. The van der Waals surface area contributed by atoms with Crippen LogP contribution in [0.15, 0.2) is 61.8 Å². The summed E-state index contributed by atoms with van der Waals surface area (Å²) in [5, 5.41) is 8.86. The van der Waals surface area contributed by atoms with Crippen molar-refractivity contribution in [1.82, 2.24) is 24.5 Å². The number of alkyl halides is 1. The fourth-order valence-corrected chi connectivity index (χ4v) is 6.94. The molecule has 0 atom stereocenters. The Hall–Kier alpha value is -4.47. The van der Waals surface area contributed by atoms with Gasteiger partial charge in [0.05, 0.1) is 34.9 Å². The summed E-state index contributed by atoms with van der Waals surface area (Å²) in [7, 11) is 4.21. The van der Waals surface area contributed by atoms with Gasteiger partial charge in [-0.15, -0.1) is 5.06 Å². The van der Waals surface area contributed by atoms with Crippen molar-refractivity contribution in [2.24, 2.45) is 7.05 Å². The molecule has 8 nitrogen and oxygen atoms in total. The van der Waals surface area contributed by atoms with Gasteiger partial charge < -0.3 is 24.9 Å². The fourth-order valence-electron chi connectivity index (χ4n) is 6.94. The Labute approximate surface area is 270 Å². The van der Waals surface area contributed by atoms with E-state index in [1.165, 1.54) is 5.69 Å². The number of rotatable bonds is 9. The number of hydroxylamine groups is 2. The molecule has 46 heavy (non-hydrogen) atoms. The number of nitrogens with zero attached hydrogens (tertiary/aromatic N) is 5. The van der Waals surface area contributed by atoms with E-state index in [1.807, 2.05) is 12.3 Å². The molecule has 2 aromatic carbocycles. The maximum Gasteiger partial charge on any atom is 0.156 e. The Balaban J connectivity index is 1.09. The second-order valence-electron chi connectivity index (χ2n) is 13.1. The highest BCUT2D eigenvalue weighted by Gasteiger charge is 2.47. The van der Waals surface area contributed by atoms with Gasteiger partial charge in [-0.25, -0.2) is 9.37 Å². The van der Waals surface area contributed by atoms with Crippen LogP contribution in [0.3, 0.4) is 0 Å². The molecule has 0 bridgehead atoms. The quantitative estimate of drug-likeness (QED) is 0.205. The van der Waals surface area contributed by atoms with E-state index in [4.69, 9.17) is 9.82 Å². The van der Waals surface area contributed by atoms with E-state index < -0.39 is 12.2 Å². The molecule has 0 unspecified atom stereocenters. The lowest BCUT2D eigenvalue weighted by Gasteiger charge is -2.44. The van der Waals surface area contributed by atoms with Crippen molar-refractivity contribution in [2.75, 3.05) is 30.9 Å². The number of hydrogen-bond donors (Lipinski definition) is 2. The first-order valence-electron chi connectivity index (χ1n) is 16.0. The van der Waals surface area contributed by atoms with Crippen molar-refractivity contribution in [1.29, 1.82) is 0 Å². The van der Waals surface area contributed by atoms with Gasteiger partial charge in [0, 0.05) is 61.5 Å². The number of benzene rings is 2. The second kappa shape index (κ2) is 11.7. The van der Waals surface area contributed by atoms with Gasteiger partial charge in [0.25, 0.3) is 0 Å². The van der Waals surface area contributed by atoms with Crippen LogP contribution in [-0.4, -0.2) is 50.3 Å². The highest BCUT2D eigenvalue weighted by molar-refractivity contribution is 5.85. The number of nitrogens with one attached hydrogen (secondary N) is 2. The minimum atomic E-state index is -0.501. The molecule has 4 heterocycles. The topological polar surface area (TPSA) is 70.5 Å². The molecule has 0 amide bonds. The minimum absolute atomic E-state index is 0.401. The van der Waals surface area contributed by atoms with Crippen LogP contribution >= 0.6 is 0 Å². The van der Waals surface area contributed by atoms with Crippen molar-refractivity contribution >= 4 is 22.8 Å². The van der Waals surface area contributed by atoms with E-state index in [2.05, 4.69) is 103 Å². The van der Waals surface area contributed by atoms with Crippen molar-refractivity contribution in [3.63, 3.8) is 0 Å². The molecule has 1 fully saturated rings. The van der Waals surface area contributed by atoms with Crippen LogP contribution in [0.2, 0.25) is 0 Å². The molecular weight excluding hydrogens is 577 g/mol. The van der Waals surface area contributed by atoms with Gasteiger partial charge in [-0.1, -0.05) is 37.4 Å². The molecule has 3 aliphatic rings. The smallest absolute Gasteiger partial charge is 0.156 e. The standard InChI is InChI=1S/C37H42FN7O/c1-23-28(29-11-8-13-31(24(29)2)41-26(4)36-42-33-21-43(5)17-14-34(33)44(36)6)10-7-12-30(23)40-25(3)32-18-35-27(19-39-32)20-45(46-35)37(22-38)15-9-16-37/h7-8,10-13,18-19,40-41H,3-4,9,14-17,20-22H2,1-2,5-6H3. The van der Waals surface area contributed by atoms with Crippen molar-refractivity contribution in [3.05, 3.63) is 101 Å². The van der Waals surface area contributed by atoms with Crippen molar-refractivity contribution in [3.8, 4) is 16.9 Å². The Bertz CT molecular complexity index is 1850. The molecule has 0 radical (unpaired) electrons. The van der Waals surface area contributed by atoms with E-state index in [0.29, 0.717) is 17.9 Å². The summed E-state index contributed by atoms with van der Waals surface area (Å²) >= 11 is 0. The lowest BCUT2D eigenvalue weighted by atomic mass is 9.77. The lowest BCUT2D eigenvalue weighted by molar-refractivity contribution is -0.173. The van der Waals surface area contributed by atoms with Gasteiger partial charge in [0.1, 0.15) is 6.67 Å². The minimum Gasteiger partial charge on any atom is -0.405 e. The number of pyridine rings is 1.